The number of rotatable bonds is 6. The van der Waals surface area contributed by atoms with Crippen LogP contribution in [-0.4, -0.2) is 0 Å². The molecule has 2 unspecified atom stereocenters. The number of fused-ring (bicyclic) bond motifs is 6. The number of hydrogen-bond donors (Lipinski definition) is 0. The van der Waals surface area contributed by atoms with Crippen LogP contribution in [-0.2, 0) is 20.0 Å². The Morgan fingerprint density at radius 2 is 1.02 bits per heavy atom. The van der Waals surface area contributed by atoms with Crippen molar-refractivity contribution in [2.45, 2.75) is 62.7 Å². The van der Waals surface area contributed by atoms with Crippen molar-refractivity contribution in [2.24, 2.45) is 11.8 Å². The molecule has 40 heavy (non-hydrogen) atoms. The van der Waals surface area contributed by atoms with Gasteiger partial charge in [0, 0.05) is 0 Å². The van der Waals surface area contributed by atoms with Crippen molar-refractivity contribution in [2.75, 3.05) is 0 Å². The second-order valence-corrected chi connectivity index (χ2v) is 29.8. The summed E-state index contributed by atoms with van der Waals surface area (Å²) in [7, 11) is 0. The number of benzene rings is 4. The van der Waals surface area contributed by atoms with Gasteiger partial charge in [0.2, 0.25) is 0 Å². The molecular weight excluding hydrogens is 694 g/mol. The molecule has 3 heteroatoms. The van der Waals surface area contributed by atoms with Crippen molar-refractivity contribution in [1.29, 1.82) is 0 Å². The van der Waals surface area contributed by atoms with Crippen molar-refractivity contribution in [1.82, 2.24) is 0 Å². The molecular formula is C37H40Cl2Hf. The monoisotopic (exact) mass is 734 g/mol. The molecule has 4 aromatic carbocycles. The molecule has 0 radical (unpaired) electrons. The second kappa shape index (κ2) is 11.5. The largest absolute Gasteiger partial charge is 1.00 e. The zero-order valence-electron chi connectivity index (χ0n) is 24.2. The average Bonchev–Trinajstić information content (AvgIpc) is 3.42. The van der Waals surface area contributed by atoms with Crippen LogP contribution in [0.4, 0.5) is 0 Å². The van der Waals surface area contributed by atoms with Crippen molar-refractivity contribution in [3.05, 3.63) is 106 Å². The van der Waals surface area contributed by atoms with Crippen LogP contribution in [0.2, 0.25) is 8.35 Å². The fourth-order valence-electron chi connectivity index (χ4n) is 8.37. The van der Waals surface area contributed by atoms with Gasteiger partial charge in [0.15, 0.2) is 0 Å². The number of halogens is 2. The van der Waals surface area contributed by atoms with Gasteiger partial charge >= 0.3 is 234 Å². The Labute approximate surface area is 257 Å². The molecule has 1 saturated heterocycles. The summed E-state index contributed by atoms with van der Waals surface area (Å²) in [4.78, 5) is 0. The Balaban J connectivity index is 0.00000161. The Morgan fingerprint density at radius 3 is 1.40 bits per heavy atom. The van der Waals surface area contributed by atoms with Gasteiger partial charge in [0.1, 0.15) is 0 Å². The molecule has 2 aliphatic carbocycles. The molecule has 4 aromatic rings. The summed E-state index contributed by atoms with van der Waals surface area (Å²) in [5, 5.41) is 5.72. The molecule has 0 amide bonds. The van der Waals surface area contributed by atoms with Crippen LogP contribution in [0.1, 0.15) is 76.6 Å². The predicted octanol–water partition coefficient (Wildman–Crippen LogP) is 5.06. The topological polar surface area (TPSA) is 0 Å². The molecule has 1 heterocycles. The van der Waals surface area contributed by atoms with Crippen LogP contribution >= 0.6 is 0 Å². The van der Waals surface area contributed by atoms with Gasteiger partial charge in [0.05, 0.1) is 0 Å². The summed E-state index contributed by atoms with van der Waals surface area (Å²) in [6, 6.07) is 28.1. The van der Waals surface area contributed by atoms with E-state index in [2.05, 4.69) is 113 Å². The Kier molecular flexibility index (Phi) is 8.60. The number of hydrogen-bond acceptors (Lipinski definition) is 0. The van der Waals surface area contributed by atoms with E-state index in [1.165, 1.54) is 40.8 Å². The normalized spacial score (nSPS) is 19.6. The first-order valence-electron chi connectivity index (χ1n) is 14.9. The molecule has 0 aromatic heterocycles. The summed E-state index contributed by atoms with van der Waals surface area (Å²) in [6.45, 7) is 9.68. The van der Waals surface area contributed by atoms with E-state index >= 15 is 0 Å². The Hall–Kier alpha value is -1.67. The first kappa shape index (κ1) is 29.8. The SMILES string of the molecule is CC(C)CC1=Cc2c(ccc3ccccc23)[CH]1[Hf+2]1([CH]2C(CC(C)C)=Cc3c2ccc2ccccc32)[CH2]C[CH2]1.[Cl-].[Cl-]. The van der Waals surface area contributed by atoms with E-state index in [-0.39, 0.29) is 24.8 Å². The van der Waals surface area contributed by atoms with Crippen molar-refractivity contribution < 1.29 is 44.8 Å². The van der Waals surface area contributed by atoms with Crippen LogP contribution in [0, 0.1) is 11.8 Å². The molecule has 1 fully saturated rings. The van der Waals surface area contributed by atoms with Gasteiger partial charge in [-0.05, 0) is 0 Å². The van der Waals surface area contributed by atoms with Gasteiger partial charge < -0.3 is 24.8 Å². The van der Waals surface area contributed by atoms with E-state index in [1.54, 1.807) is 41.8 Å². The third-order valence-corrected chi connectivity index (χ3v) is 32.1. The van der Waals surface area contributed by atoms with Gasteiger partial charge in [-0.1, -0.05) is 0 Å². The number of allylic oxidation sites excluding steroid dienone is 2. The van der Waals surface area contributed by atoms with Gasteiger partial charge in [-0.2, -0.15) is 0 Å². The van der Waals surface area contributed by atoms with Crippen LogP contribution in [0.3, 0.4) is 0 Å². The average molecular weight is 734 g/mol. The molecule has 0 spiro atoms. The van der Waals surface area contributed by atoms with E-state index in [0.717, 1.165) is 7.35 Å². The van der Waals surface area contributed by atoms with E-state index in [1.807, 2.05) is 0 Å². The predicted molar refractivity (Wildman–Crippen MR) is 162 cm³/mol. The second-order valence-electron chi connectivity index (χ2n) is 13.2. The Bertz CT molecular complexity index is 1510. The van der Waals surface area contributed by atoms with Crippen molar-refractivity contribution >= 4 is 33.7 Å². The minimum Gasteiger partial charge on any atom is -1.00 e. The van der Waals surface area contributed by atoms with Crippen LogP contribution in [0.15, 0.2) is 83.9 Å². The third kappa shape index (κ3) is 4.69. The Morgan fingerprint density at radius 1 is 0.600 bits per heavy atom. The van der Waals surface area contributed by atoms with Crippen LogP contribution in [0.5, 0.6) is 0 Å². The van der Waals surface area contributed by atoms with Crippen molar-refractivity contribution in [3.8, 4) is 0 Å². The quantitative estimate of drug-likeness (QED) is 0.243. The summed E-state index contributed by atoms with van der Waals surface area (Å²) in [5.41, 5.74) is 10.1. The van der Waals surface area contributed by atoms with Crippen LogP contribution < -0.4 is 24.8 Å². The first-order valence-corrected chi connectivity index (χ1v) is 24.1. The fraction of sp³-hybridized carbons (Fsp3) is 0.351. The maximum absolute atomic E-state index is 2.96. The summed E-state index contributed by atoms with van der Waals surface area (Å²) < 4.78 is 4.56. The minimum absolute atomic E-state index is 0. The summed E-state index contributed by atoms with van der Waals surface area (Å²) >= 11 is -2.96. The smallest absolute Gasteiger partial charge is 1.00 e. The summed E-state index contributed by atoms with van der Waals surface area (Å²) in [5.74, 6) is 1.39. The van der Waals surface area contributed by atoms with Gasteiger partial charge in [-0.25, -0.2) is 0 Å². The molecule has 7 rings (SSSR count). The zero-order valence-corrected chi connectivity index (χ0v) is 29.3. The van der Waals surface area contributed by atoms with Crippen molar-refractivity contribution in [3.63, 3.8) is 0 Å². The zero-order chi connectivity index (χ0) is 26.0. The maximum Gasteiger partial charge on any atom is -1.00 e. The van der Waals surface area contributed by atoms with E-state index in [0.29, 0.717) is 11.8 Å². The van der Waals surface area contributed by atoms with Gasteiger partial charge in [-0.15, -0.1) is 0 Å². The van der Waals surface area contributed by atoms with E-state index in [4.69, 9.17) is 0 Å². The summed E-state index contributed by atoms with van der Waals surface area (Å²) in [6.07, 6.45) is 9.28. The first-order chi connectivity index (χ1) is 18.5. The molecule has 0 saturated carbocycles. The molecule has 1 aliphatic heterocycles. The molecule has 3 aliphatic rings. The van der Waals surface area contributed by atoms with E-state index < -0.39 is 20.0 Å². The van der Waals surface area contributed by atoms with E-state index in [9.17, 15) is 0 Å². The molecule has 0 N–H and O–H groups in total. The molecule has 206 valence electrons. The molecule has 2 atom stereocenters. The minimum atomic E-state index is -2.96. The molecule has 0 nitrogen and oxygen atoms in total. The van der Waals surface area contributed by atoms with Crippen LogP contribution in [0.25, 0.3) is 33.7 Å². The molecule has 0 bridgehead atoms. The van der Waals surface area contributed by atoms with Gasteiger partial charge in [-0.3, -0.25) is 0 Å². The fourth-order valence-corrected chi connectivity index (χ4v) is 30.9. The maximum atomic E-state index is 2.67. The third-order valence-electron chi connectivity index (χ3n) is 9.75. The van der Waals surface area contributed by atoms with Gasteiger partial charge in [0.25, 0.3) is 0 Å². The standard InChI is InChI=1S/2C17H17.C3H6.2ClH.Hf/c2*1-12(2)9-13-10-15-8-7-14-5-3-4-6-16(14)17(15)11-13;1-3-2;;;/h2*3-8,10-12H,9H2,1-2H3;1-3H2;2*1H;/q;;;;;+2/p-2.